The van der Waals surface area contributed by atoms with Crippen molar-refractivity contribution in [2.45, 2.75) is 25.3 Å². The molecule has 0 unspecified atom stereocenters. The molecule has 5 nitrogen and oxygen atoms in total. The van der Waals surface area contributed by atoms with Gasteiger partial charge in [0, 0.05) is 19.1 Å². The number of nitrogens with zero attached hydrogens (tertiary/aromatic N) is 2. The molecule has 0 spiro atoms. The van der Waals surface area contributed by atoms with E-state index < -0.39 is 0 Å². The standard InChI is InChI=1S/C18H24N2O3/c1-19-6-4-14-5-7-20(15(14)12-19)18(21)11-13-2-3-16-17(10-13)23-9-8-22-16/h2-3,10,14-15H,4-9,11-12H2,1H3/t14-,15+/m1/s1. The molecule has 4 rings (SSSR count). The van der Waals surface area contributed by atoms with Crippen molar-refractivity contribution in [2.24, 2.45) is 5.92 Å². The van der Waals surface area contributed by atoms with Gasteiger partial charge in [0.2, 0.25) is 5.91 Å². The predicted molar refractivity (Wildman–Crippen MR) is 86.9 cm³/mol. The number of rotatable bonds is 2. The molecule has 0 saturated carbocycles. The van der Waals surface area contributed by atoms with Crippen molar-refractivity contribution in [1.82, 2.24) is 9.80 Å². The van der Waals surface area contributed by atoms with Crippen molar-refractivity contribution in [3.63, 3.8) is 0 Å². The number of benzene rings is 1. The Hall–Kier alpha value is -1.75. The zero-order chi connectivity index (χ0) is 15.8. The van der Waals surface area contributed by atoms with Gasteiger partial charge in [-0.2, -0.15) is 0 Å². The number of ether oxygens (including phenoxy) is 2. The van der Waals surface area contributed by atoms with E-state index in [1.807, 2.05) is 18.2 Å². The van der Waals surface area contributed by atoms with Gasteiger partial charge in [0.1, 0.15) is 13.2 Å². The lowest BCUT2D eigenvalue weighted by molar-refractivity contribution is -0.132. The Morgan fingerprint density at radius 3 is 2.83 bits per heavy atom. The summed E-state index contributed by atoms with van der Waals surface area (Å²) in [5.41, 5.74) is 1.01. The normalized spacial score (nSPS) is 26.9. The maximum atomic E-state index is 12.8. The number of piperidine rings is 1. The molecule has 1 aromatic carbocycles. The molecule has 0 aromatic heterocycles. The highest BCUT2D eigenvalue weighted by Crippen LogP contribution is 2.33. The summed E-state index contributed by atoms with van der Waals surface area (Å²) in [4.78, 5) is 17.2. The van der Waals surface area contributed by atoms with E-state index in [0.717, 1.165) is 43.1 Å². The lowest BCUT2D eigenvalue weighted by atomic mass is 9.92. The zero-order valence-electron chi connectivity index (χ0n) is 13.7. The maximum absolute atomic E-state index is 12.8. The van der Waals surface area contributed by atoms with E-state index in [9.17, 15) is 4.79 Å². The first-order valence-corrected chi connectivity index (χ1v) is 8.57. The monoisotopic (exact) mass is 316 g/mol. The summed E-state index contributed by atoms with van der Waals surface area (Å²) in [6.45, 7) is 4.25. The Balaban J connectivity index is 1.45. The van der Waals surface area contributed by atoms with Crippen LogP contribution in [0.1, 0.15) is 18.4 Å². The largest absolute Gasteiger partial charge is 0.486 e. The summed E-state index contributed by atoms with van der Waals surface area (Å²) in [6, 6.07) is 6.25. The highest BCUT2D eigenvalue weighted by Gasteiger charge is 2.39. The molecule has 2 saturated heterocycles. The third-order valence-corrected chi connectivity index (χ3v) is 5.35. The molecule has 0 aliphatic carbocycles. The van der Waals surface area contributed by atoms with Gasteiger partial charge in [-0.05, 0) is 50.0 Å². The molecule has 124 valence electrons. The Morgan fingerprint density at radius 2 is 1.96 bits per heavy atom. The van der Waals surface area contributed by atoms with Crippen molar-refractivity contribution in [3.05, 3.63) is 23.8 Å². The first-order chi connectivity index (χ1) is 11.2. The highest BCUT2D eigenvalue weighted by molar-refractivity contribution is 5.79. The third kappa shape index (κ3) is 2.90. The second-order valence-corrected chi connectivity index (χ2v) is 6.91. The number of fused-ring (bicyclic) bond motifs is 2. The van der Waals surface area contributed by atoms with Crippen LogP contribution in [0.3, 0.4) is 0 Å². The molecular weight excluding hydrogens is 292 g/mol. The van der Waals surface area contributed by atoms with Crippen LogP contribution in [-0.2, 0) is 11.2 Å². The molecule has 3 heterocycles. The minimum absolute atomic E-state index is 0.240. The average molecular weight is 316 g/mol. The van der Waals surface area contributed by atoms with Crippen molar-refractivity contribution in [3.8, 4) is 11.5 Å². The van der Waals surface area contributed by atoms with Gasteiger partial charge in [-0.25, -0.2) is 0 Å². The van der Waals surface area contributed by atoms with Gasteiger partial charge in [-0.1, -0.05) is 6.07 Å². The lowest BCUT2D eigenvalue weighted by Gasteiger charge is -2.36. The Labute approximate surface area is 137 Å². The summed E-state index contributed by atoms with van der Waals surface area (Å²) in [5, 5.41) is 0. The molecule has 2 atom stereocenters. The van der Waals surface area contributed by atoms with Crippen LogP contribution in [0, 0.1) is 5.92 Å². The van der Waals surface area contributed by atoms with E-state index in [1.165, 1.54) is 6.42 Å². The van der Waals surface area contributed by atoms with Crippen LogP contribution < -0.4 is 9.47 Å². The van der Waals surface area contributed by atoms with Crippen LogP contribution in [0.2, 0.25) is 0 Å². The summed E-state index contributed by atoms with van der Waals surface area (Å²) in [7, 11) is 2.15. The second kappa shape index (κ2) is 6.04. The summed E-state index contributed by atoms with van der Waals surface area (Å²) < 4.78 is 11.2. The molecule has 1 aromatic rings. The fraction of sp³-hybridized carbons (Fsp3) is 0.611. The number of carbonyl (C=O) groups is 1. The van der Waals surface area contributed by atoms with Crippen LogP contribution in [0.15, 0.2) is 18.2 Å². The summed E-state index contributed by atoms with van der Waals surface area (Å²) in [6.07, 6.45) is 2.82. The number of amides is 1. The molecule has 3 aliphatic rings. The van der Waals surface area contributed by atoms with Crippen LogP contribution in [-0.4, -0.2) is 61.6 Å². The van der Waals surface area contributed by atoms with E-state index in [4.69, 9.17) is 9.47 Å². The fourth-order valence-electron chi connectivity index (χ4n) is 4.08. The molecular formula is C18H24N2O3. The van der Waals surface area contributed by atoms with E-state index in [-0.39, 0.29) is 5.91 Å². The summed E-state index contributed by atoms with van der Waals surface area (Å²) in [5.74, 6) is 2.47. The molecule has 0 bridgehead atoms. The minimum atomic E-state index is 0.240. The van der Waals surface area contributed by atoms with E-state index >= 15 is 0 Å². The lowest BCUT2D eigenvalue weighted by Crippen LogP contribution is -2.48. The quantitative estimate of drug-likeness (QED) is 0.830. The van der Waals surface area contributed by atoms with Crippen LogP contribution in [0.5, 0.6) is 11.5 Å². The fourth-order valence-corrected chi connectivity index (χ4v) is 4.08. The summed E-state index contributed by atoms with van der Waals surface area (Å²) >= 11 is 0. The van der Waals surface area contributed by atoms with Crippen molar-refractivity contribution >= 4 is 5.91 Å². The SMILES string of the molecule is CN1CC[C@@H]2CCN(C(=O)Cc3ccc4c(c3)OCCO4)[C@H]2C1. The van der Waals surface area contributed by atoms with Gasteiger partial charge in [0.05, 0.1) is 6.42 Å². The van der Waals surface area contributed by atoms with Gasteiger partial charge in [0.15, 0.2) is 11.5 Å². The predicted octanol–water partition coefficient (Wildman–Crippen LogP) is 1.55. The molecule has 3 aliphatic heterocycles. The highest BCUT2D eigenvalue weighted by atomic mass is 16.6. The zero-order valence-corrected chi connectivity index (χ0v) is 13.7. The first kappa shape index (κ1) is 14.8. The molecule has 5 heteroatoms. The number of hydrogen-bond donors (Lipinski definition) is 0. The molecule has 0 N–H and O–H groups in total. The number of carbonyl (C=O) groups excluding carboxylic acids is 1. The maximum Gasteiger partial charge on any atom is 0.227 e. The van der Waals surface area contributed by atoms with Crippen LogP contribution in [0.25, 0.3) is 0 Å². The minimum Gasteiger partial charge on any atom is -0.486 e. The number of likely N-dealkylation sites (N-methyl/N-ethyl adjacent to an activating group) is 1. The van der Waals surface area contributed by atoms with Gasteiger partial charge in [-0.15, -0.1) is 0 Å². The third-order valence-electron chi connectivity index (χ3n) is 5.35. The smallest absolute Gasteiger partial charge is 0.227 e. The van der Waals surface area contributed by atoms with Gasteiger partial charge in [-0.3, -0.25) is 4.79 Å². The molecule has 1 amide bonds. The number of hydrogen-bond acceptors (Lipinski definition) is 4. The van der Waals surface area contributed by atoms with Crippen LogP contribution in [0.4, 0.5) is 0 Å². The van der Waals surface area contributed by atoms with E-state index in [0.29, 0.717) is 31.6 Å². The number of likely N-dealkylation sites (tertiary alicyclic amines) is 2. The van der Waals surface area contributed by atoms with Crippen LogP contribution >= 0.6 is 0 Å². The molecule has 23 heavy (non-hydrogen) atoms. The Morgan fingerprint density at radius 1 is 1.17 bits per heavy atom. The van der Waals surface area contributed by atoms with E-state index in [2.05, 4.69) is 16.8 Å². The Bertz CT molecular complexity index is 604. The van der Waals surface area contributed by atoms with E-state index in [1.54, 1.807) is 0 Å². The average Bonchev–Trinajstić information content (AvgIpc) is 2.98. The van der Waals surface area contributed by atoms with Crippen molar-refractivity contribution in [2.75, 3.05) is 39.9 Å². The molecule has 0 radical (unpaired) electrons. The van der Waals surface area contributed by atoms with Crippen molar-refractivity contribution in [1.29, 1.82) is 0 Å². The topological polar surface area (TPSA) is 42.0 Å². The molecule has 2 fully saturated rings. The van der Waals surface area contributed by atoms with Gasteiger partial charge in [0.25, 0.3) is 0 Å². The van der Waals surface area contributed by atoms with Gasteiger partial charge < -0.3 is 19.3 Å². The second-order valence-electron chi connectivity index (χ2n) is 6.91. The first-order valence-electron chi connectivity index (χ1n) is 8.57. The van der Waals surface area contributed by atoms with Crippen molar-refractivity contribution < 1.29 is 14.3 Å². The van der Waals surface area contributed by atoms with Gasteiger partial charge >= 0.3 is 0 Å². The Kier molecular flexibility index (Phi) is 3.89.